The second-order valence-corrected chi connectivity index (χ2v) is 8.79. The zero-order valence-electron chi connectivity index (χ0n) is 21.9. The van der Waals surface area contributed by atoms with Gasteiger partial charge in [-0.3, -0.25) is 38.4 Å². The molecule has 0 saturated carbocycles. The fourth-order valence-corrected chi connectivity index (χ4v) is 3.31. The van der Waals surface area contributed by atoms with Crippen LogP contribution in [0.5, 0.6) is 0 Å². The van der Waals surface area contributed by atoms with Gasteiger partial charge in [0.2, 0.25) is 0 Å². The van der Waals surface area contributed by atoms with Crippen molar-refractivity contribution in [2.75, 3.05) is 13.1 Å². The Balaban J connectivity index is 0. The van der Waals surface area contributed by atoms with Crippen LogP contribution in [0.1, 0.15) is 57.8 Å². The second kappa shape index (κ2) is 21.5. The molecule has 0 heterocycles. The van der Waals surface area contributed by atoms with Gasteiger partial charge in [0, 0.05) is 0 Å². The smallest absolute Gasteiger partial charge is 0.321 e. The van der Waals surface area contributed by atoms with Gasteiger partial charge in [0.05, 0.1) is 37.5 Å². The van der Waals surface area contributed by atoms with Crippen molar-refractivity contribution in [2.45, 2.75) is 69.9 Å². The zero-order chi connectivity index (χ0) is 32.1. The number of rotatable bonds is 23. The Morgan fingerprint density at radius 1 is 0.415 bits per heavy atom. The number of unbranched alkanes of at least 4 members (excludes halogenated alkanes) is 1. The van der Waals surface area contributed by atoms with Crippen molar-refractivity contribution < 1.29 is 79.2 Å². The Kier molecular flexibility index (Phi) is 20.4. The molecule has 0 radical (unpaired) electrons. The lowest BCUT2D eigenvalue weighted by atomic mass is 9.98. The molecule has 0 rings (SSSR count). The van der Waals surface area contributed by atoms with Gasteiger partial charge in [-0.25, -0.2) is 0 Å². The zero-order valence-corrected chi connectivity index (χ0v) is 21.9. The van der Waals surface area contributed by atoms with Gasteiger partial charge in [-0.1, -0.05) is 6.42 Å². The van der Waals surface area contributed by atoms with E-state index in [0.29, 0.717) is 12.8 Å². The first-order valence-corrected chi connectivity index (χ1v) is 12.2. The summed E-state index contributed by atoms with van der Waals surface area (Å²) >= 11 is 0. The summed E-state index contributed by atoms with van der Waals surface area (Å²) in [6.45, 7) is 0.303. The predicted molar refractivity (Wildman–Crippen MR) is 133 cm³/mol. The van der Waals surface area contributed by atoms with Crippen molar-refractivity contribution in [3.05, 3.63) is 0 Å². The standard InChI is InChI=1S/C12H19NO8.C11H17NO8/c14-9(15)5-7(11(18)19)3-1-2-4-13-8(12(20)21)6-10(16)17;13-8(14)4-6(10(17)18)2-1-3-12-7(11(19)20)5-9(15)16/h7-8,13H,1-6H2,(H,14,15)(H,16,17)(H,18,19)(H,20,21);6-7,12H,1-5H2,(H,13,14)(H,15,16)(H,17,18)(H,19,20). The third-order valence-corrected chi connectivity index (χ3v) is 5.38. The number of hydrogen-bond acceptors (Lipinski definition) is 10. The highest BCUT2D eigenvalue weighted by molar-refractivity contribution is 5.81. The fourth-order valence-electron chi connectivity index (χ4n) is 3.31. The van der Waals surface area contributed by atoms with Gasteiger partial charge in [0.1, 0.15) is 12.1 Å². The van der Waals surface area contributed by atoms with Crippen molar-refractivity contribution in [3.63, 3.8) is 0 Å². The molecule has 18 heteroatoms. The SMILES string of the molecule is O=C(O)CC(CCCCNC(CC(=O)O)C(=O)O)C(=O)O.O=C(O)CC(CCCNC(CC(=O)O)C(=O)O)C(=O)O. The van der Waals surface area contributed by atoms with E-state index < -0.39 is 97.4 Å². The number of carbonyl (C=O) groups is 8. The number of aliphatic carboxylic acids is 8. The van der Waals surface area contributed by atoms with Gasteiger partial charge in [-0.2, -0.15) is 0 Å². The van der Waals surface area contributed by atoms with Gasteiger partial charge in [0.25, 0.3) is 0 Å². The van der Waals surface area contributed by atoms with Crippen LogP contribution in [0.3, 0.4) is 0 Å². The van der Waals surface area contributed by atoms with Crippen LogP contribution < -0.4 is 10.6 Å². The van der Waals surface area contributed by atoms with Crippen molar-refractivity contribution >= 4 is 47.8 Å². The highest BCUT2D eigenvalue weighted by Crippen LogP contribution is 2.13. The molecule has 0 aromatic carbocycles. The quantitative estimate of drug-likeness (QED) is 0.0652. The summed E-state index contributed by atoms with van der Waals surface area (Å²) in [5, 5.41) is 74.3. The van der Waals surface area contributed by atoms with Crippen molar-refractivity contribution in [1.29, 1.82) is 0 Å². The van der Waals surface area contributed by atoms with Crippen LogP contribution in [0, 0.1) is 11.8 Å². The third kappa shape index (κ3) is 22.2. The van der Waals surface area contributed by atoms with Crippen molar-refractivity contribution in [1.82, 2.24) is 10.6 Å². The summed E-state index contributed by atoms with van der Waals surface area (Å²) in [5.41, 5.74) is 0. The highest BCUT2D eigenvalue weighted by Gasteiger charge is 2.23. The van der Waals surface area contributed by atoms with E-state index in [1.165, 1.54) is 0 Å². The van der Waals surface area contributed by atoms with Gasteiger partial charge < -0.3 is 51.5 Å². The van der Waals surface area contributed by atoms with Crippen LogP contribution in [0.25, 0.3) is 0 Å². The van der Waals surface area contributed by atoms with E-state index in [1.54, 1.807) is 0 Å². The lowest BCUT2D eigenvalue weighted by molar-refractivity contribution is -0.148. The summed E-state index contributed by atoms with van der Waals surface area (Å²) in [4.78, 5) is 84.8. The second-order valence-electron chi connectivity index (χ2n) is 8.79. The van der Waals surface area contributed by atoms with E-state index in [1.807, 2.05) is 0 Å². The molecule has 234 valence electrons. The topological polar surface area (TPSA) is 322 Å². The monoisotopic (exact) mass is 596 g/mol. The minimum absolute atomic E-state index is 0.0635. The lowest BCUT2D eigenvalue weighted by Crippen LogP contribution is -2.39. The van der Waals surface area contributed by atoms with E-state index in [2.05, 4.69) is 10.6 Å². The summed E-state index contributed by atoms with van der Waals surface area (Å²) in [6, 6.07) is -2.45. The maximum absolute atomic E-state index is 10.8. The Morgan fingerprint density at radius 2 is 0.732 bits per heavy atom. The predicted octanol–water partition coefficient (Wildman–Crippen LogP) is -0.691. The lowest BCUT2D eigenvalue weighted by Gasteiger charge is -2.13. The molecule has 10 N–H and O–H groups in total. The molecule has 0 aliphatic rings. The average molecular weight is 597 g/mol. The van der Waals surface area contributed by atoms with Gasteiger partial charge in [-0.05, 0) is 38.8 Å². The van der Waals surface area contributed by atoms with Crippen molar-refractivity contribution in [3.8, 4) is 0 Å². The summed E-state index contributed by atoms with van der Waals surface area (Å²) < 4.78 is 0. The minimum Gasteiger partial charge on any atom is -0.481 e. The maximum atomic E-state index is 10.8. The fraction of sp³-hybridized carbons (Fsp3) is 0.652. The van der Waals surface area contributed by atoms with Gasteiger partial charge >= 0.3 is 47.8 Å². The first-order valence-electron chi connectivity index (χ1n) is 12.2. The molecule has 0 spiro atoms. The molecule has 0 aromatic rings. The third-order valence-electron chi connectivity index (χ3n) is 5.38. The van der Waals surface area contributed by atoms with Crippen LogP contribution in [0.4, 0.5) is 0 Å². The van der Waals surface area contributed by atoms with Gasteiger partial charge in [0.15, 0.2) is 0 Å². The molecule has 0 aromatic heterocycles. The molecule has 4 atom stereocenters. The average Bonchev–Trinajstić information content (AvgIpc) is 2.82. The first kappa shape index (κ1) is 38.8. The number of carboxylic acids is 8. The summed E-state index contributed by atoms with van der Waals surface area (Å²) in [6.07, 6.45) is -0.823. The molecular formula is C23H36N2O16. The largest absolute Gasteiger partial charge is 0.481 e. The van der Waals surface area contributed by atoms with Crippen LogP contribution in [-0.2, 0) is 38.4 Å². The van der Waals surface area contributed by atoms with Crippen molar-refractivity contribution in [2.24, 2.45) is 11.8 Å². The summed E-state index contributed by atoms with van der Waals surface area (Å²) in [7, 11) is 0. The number of hydrogen-bond donors (Lipinski definition) is 10. The molecule has 0 aliphatic carbocycles. The van der Waals surface area contributed by atoms with Gasteiger partial charge in [-0.15, -0.1) is 0 Å². The normalized spacial score (nSPS) is 13.4. The number of carboxylic acid groups (broad SMARTS) is 8. The Bertz CT molecular complexity index is 849. The molecule has 0 amide bonds. The first-order chi connectivity index (χ1) is 19.0. The van der Waals surface area contributed by atoms with E-state index in [4.69, 9.17) is 40.9 Å². The molecule has 0 fully saturated rings. The molecule has 4 unspecified atom stereocenters. The van der Waals surface area contributed by atoms with E-state index in [9.17, 15) is 38.4 Å². The minimum atomic E-state index is -1.31. The van der Waals surface area contributed by atoms with E-state index in [0.717, 1.165) is 0 Å². The Labute approximate surface area is 233 Å². The highest BCUT2D eigenvalue weighted by atomic mass is 16.4. The Hall–Kier alpha value is -4.32. The summed E-state index contributed by atoms with van der Waals surface area (Å²) in [5.74, 6) is -11.9. The molecule has 0 saturated heterocycles. The van der Waals surface area contributed by atoms with Crippen LogP contribution in [-0.4, -0.2) is 114 Å². The Morgan fingerprint density at radius 3 is 1.02 bits per heavy atom. The van der Waals surface area contributed by atoms with Crippen LogP contribution in [0.2, 0.25) is 0 Å². The molecule has 41 heavy (non-hydrogen) atoms. The number of nitrogens with one attached hydrogen (secondary N) is 2. The van der Waals surface area contributed by atoms with E-state index in [-0.39, 0.29) is 32.4 Å². The molecule has 0 bridgehead atoms. The van der Waals surface area contributed by atoms with E-state index >= 15 is 0 Å². The molecule has 18 nitrogen and oxygen atoms in total. The maximum Gasteiger partial charge on any atom is 0.321 e. The van der Waals surface area contributed by atoms with Crippen LogP contribution >= 0.6 is 0 Å². The molecule has 0 aliphatic heterocycles. The molecular weight excluding hydrogens is 560 g/mol. The van der Waals surface area contributed by atoms with Crippen LogP contribution in [0.15, 0.2) is 0 Å².